The van der Waals surface area contributed by atoms with Gasteiger partial charge in [-0.05, 0) is 18.6 Å². The minimum Gasteiger partial charge on any atom is -0.433 e. The first kappa shape index (κ1) is 13.6. The average Bonchev–Trinajstić information content (AvgIpc) is 2.51. The molecule has 2 rings (SSSR count). The van der Waals surface area contributed by atoms with Gasteiger partial charge >= 0.3 is 5.97 Å². The molecule has 6 nitrogen and oxygen atoms in total. The normalized spacial score (nSPS) is 23.8. The number of esters is 1. The van der Waals surface area contributed by atoms with Crippen molar-refractivity contribution in [2.75, 3.05) is 23.7 Å². The number of carbonyl (C=O) groups is 1. The van der Waals surface area contributed by atoms with E-state index in [2.05, 4.69) is 4.98 Å². The van der Waals surface area contributed by atoms with E-state index in [0.29, 0.717) is 31.5 Å². The quantitative estimate of drug-likeness (QED) is 0.610. The van der Waals surface area contributed by atoms with Gasteiger partial charge in [0.15, 0.2) is 5.82 Å². The molecule has 0 spiro atoms. The lowest BCUT2D eigenvalue weighted by Crippen LogP contribution is -2.35. The molecule has 1 aromatic rings. The van der Waals surface area contributed by atoms with Gasteiger partial charge in [-0.2, -0.15) is 0 Å². The number of nitrogens with two attached hydrogens (primary N) is 1. The number of rotatable bonds is 2. The Bertz CT molecular complexity index is 466. The van der Waals surface area contributed by atoms with E-state index >= 15 is 0 Å². The molecular weight excluding hydrogens is 246 g/mol. The van der Waals surface area contributed by atoms with Crippen LogP contribution in [0.4, 0.5) is 11.5 Å². The van der Waals surface area contributed by atoms with Gasteiger partial charge in [-0.3, -0.25) is 4.79 Å². The molecule has 6 heteroatoms. The highest BCUT2D eigenvalue weighted by Crippen LogP contribution is 2.28. The summed E-state index contributed by atoms with van der Waals surface area (Å²) in [5.74, 6) is -1.12. The monoisotopic (exact) mass is 265 g/mol. The highest BCUT2D eigenvalue weighted by molar-refractivity contribution is 5.66. The fourth-order valence-corrected chi connectivity index (χ4v) is 2.35. The van der Waals surface area contributed by atoms with Crippen molar-refractivity contribution < 1.29 is 14.6 Å². The summed E-state index contributed by atoms with van der Waals surface area (Å²) >= 11 is 0. The molecule has 1 fully saturated rings. The molecule has 1 aliphatic rings. The number of aromatic nitrogens is 1. The lowest BCUT2D eigenvalue weighted by Gasteiger charge is -2.26. The van der Waals surface area contributed by atoms with Gasteiger partial charge in [0.05, 0.1) is 5.69 Å². The van der Waals surface area contributed by atoms with Crippen LogP contribution in [0.2, 0.25) is 0 Å². The third-order valence-corrected chi connectivity index (χ3v) is 3.22. The third-order valence-electron chi connectivity index (χ3n) is 3.22. The molecule has 1 saturated heterocycles. The first-order valence-electron chi connectivity index (χ1n) is 6.37. The van der Waals surface area contributed by atoms with Crippen LogP contribution in [0.1, 0.15) is 26.2 Å². The molecule has 0 bridgehead atoms. The van der Waals surface area contributed by atoms with E-state index in [-0.39, 0.29) is 0 Å². The van der Waals surface area contributed by atoms with Crippen LogP contribution in [0, 0.1) is 0 Å². The second kappa shape index (κ2) is 5.44. The molecule has 1 unspecified atom stereocenters. The van der Waals surface area contributed by atoms with Gasteiger partial charge in [0, 0.05) is 39.1 Å². The molecule has 1 atom stereocenters. The fraction of sp³-hybridized carbons (Fsp3) is 0.538. The van der Waals surface area contributed by atoms with Gasteiger partial charge in [-0.1, -0.05) is 0 Å². The lowest BCUT2D eigenvalue weighted by molar-refractivity contribution is -0.210. The summed E-state index contributed by atoms with van der Waals surface area (Å²) in [5, 5.41) is 10.2. The molecule has 1 aliphatic heterocycles. The van der Waals surface area contributed by atoms with Crippen molar-refractivity contribution in [2.24, 2.45) is 0 Å². The van der Waals surface area contributed by atoms with Crippen molar-refractivity contribution in [3.8, 4) is 0 Å². The van der Waals surface area contributed by atoms with Crippen LogP contribution in [-0.4, -0.2) is 34.9 Å². The van der Waals surface area contributed by atoms with Crippen LogP contribution in [0.3, 0.4) is 0 Å². The van der Waals surface area contributed by atoms with Crippen molar-refractivity contribution in [2.45, 2.75) is 32.0 Å². The Balaban J connectivity index is 2.09. The van der Waals surface area contributed by atoms with E-state index in [1.807, 2.05) is 4.90 Å². The molecule has 1 aromatic heterocycles. The number of anilines is 2. The molecule has 3 N–H and O–H groups in total. The van der Waals surface area contributed by atoms with Crippen molar-refractivity contribution in [1.82, 2.24) is 4.98 Å². The summed E-state index contributed by atoms with van der Waals surface area (Å²) in [6, 6.07) is 3.58. The summed E-state index contributed by atoms with van der Waals surface area (Å²) in [5.41, 5.74) is 6.51. The number of ether oxygens (including phenoxy) is 1. The van der Waals surface area contributed by atoms with Crippen LogP contribution >= 0.6 is 0 Å². The first-order valence-corrected chi connectivity index (χ1v) is 6.37. The Hall–Kier alpha value is -1.82. The predicted octanol–water partition coefficient (Wildman–Crippen LogP) is 0.906. The number of hydrogen-bond acceptors (Lipinski definition) is 6. The van der Waals surface area contributed by atoms with Crippen LogP contribution in [0.5, 0.6) is 0 Å². The molecule has 0 radical (unpaired) electrons. The van der Waals surface area contributed by atoms with Crippen LogP contribution < -0.4 is 10.6 Å². The smallest absolute Gasteiger partial charge is 0.305 e. The Morgan fingerprint density at radius 2 is 2.32 bits per heavy atom. The SMILES string of the molecule is CC(=O)OC1(O)CCCN(c2ncccc2N)CC1. The van der Waals surface area contributed by atoms with E-state index in [0.717, 1.165) is 12.4 Å². The number of hydrogen-bond donors (Lipinski definition) is 2. The predicted molar refractivity (Wildman–Crippen MR) is 71.4 cm³/mol. The summed E-state index contributed by atoms with van der Waals surface area (Å²) in [4.78, 5) is 17.3. The summed E-state index contributed by atoms with van der Waals surface area (Å²) in [6.45, 7) is 2.58. The van der Waals surface area contributed by atoms with Gasteiger partial charge in [-0.15, -0.1) is 0 Å². The second-order valence-corrected chi connectivity index (χ2v) is 4.80. The molecule has 0 amide bonds. The zero-order chi connectivity index (χ0) is 13.9. The van der Waals surface area contributed by atoms with E-state index in [1.165, 1.54) is 6.92 Å². The average molecular weight is 265 g/mol. The minimum atomic E-state index is -1.37. The number of aliphatic hydroxyl groups is 1. The molecular formula is C13H19N3O3. The van der Waals surface area contributed by atoms with E-state index in [4.69, 9.17) is 10.5 Å². The zero-order valence-electron chi connectivity index (χ0n) is 11.0. The summed E-state index contributed by atoms with van der Waals surface area (Å²) < 4.78 is 5.01. The van der Waals surface area contributed by atoms with Gasteiger partial charge in [0.25, 0.3) is 0 Å². The summed E-state index contributed by atoms with van der Waals surface area (Å²) in [7, 11) is 0. The maximum absolute atomic E-state index is 11.0. The Morgan fingerprint density at radius 3 is 3.00 bits per heavy atom. The number of nitrogens with zero attached hydrogens (tertiary/aromatic N) is 2. The van der Waals surface area contributed by atoms with Gasteiger partial charge in [0.1, 0.15) is 0 Å². The molecule has 19 heavy (non-hydrogen) atoms. The second-order valence-electron chi connectivity index (χ2n) is 4.80. The van der Waals surface area contributed by atoms with Crippen molar-refractivity contribution >= 4 is 17.5 Å². The van der Waals surface area contributed by atoms with Crippen molar-refractivity contribution in [1.29, 1.82) is 0 Å². The molecule has 2 heterocycles. The number of nitrogen functional groups attached to an aromatic ring is 1. The lowest BCUT2D eigenvalue weighted by atomic mass is 10.1. The van der Waals surface area contributed by atoms with Crippen molar-refractivity contribution in [3.05, 3.63) is 18.3 Å². The Labute approximate surface area is 112 Å². The van der Waals surface area contributed by atoms with Crippen LogP contribution in [0.25, 0.3) is 0 Å². The minimum absolute atomic E-state index is 0.350. The van der Waals surface area contributed by atoms with Crippen LogP contribution in [-0.2, 0) is 9.53 Å². The molecule has 0 aromatic carbocycles. The van der Waals surface area contributed by atoms with Gasteiger partial charge < -0.3 is 20.5 Å². The maximum atomic E-state index is 11.0. The molecule has 0 saturated carbocycles. The standard InChI is InChI=1S/C13H19N3O3/c1-10(17)19-13(18)5-3-8-16(9-6-13)12-11(14)4-2-7-15-12/h2,4,7,18H,3,5-6,8-9,14H2,1H3. The van der Waals surface area contributed by atoms with Crippen LogP contribution in [0.15, 0.2) is 18.3 Å². The topological polar surface area (TPSA) is 88.7 Å². The highest BCUT2D eigenvalue weighted by Gasteiger charge is 2.33. The first-order chi connectivity index (χ1) is 9.00. The molecule has 104 valence electrons. The summed E-state index contributed by atoms with van der Waals surface area (Å²) in [6.07, 6.45) is 3.17. The Kier molecular flexibility index (Phi) is 3.90. The van der Waals surface area contributed by atoms with E-state index < -0.39 is 11.8 Å². The zero-order valence-corrected chi connectivity index (χ0v) is 11.0. The van der Waals surface area contributed by atoms with E-state index in [9.17, 15) is 9.90 Å². The fourth-order valence-electron chi connectivity index (χ4n) is 2.35. The molecule has 0 aliphatic carbocycles. The van der Waals surface area contributed by atoms with Gasteiger partial charge in [-0.25, -0.2) is 4.98 Å². The van der Waals surface area contributed by atoms with Gasteiger partial charge in [0.2, 0.25) is 5.79 Å². The third kappa shape index (κ3) is 3.35. The van der Waals surface area contributed by atoms with Crippen molar-refractivity contribution in [3.63, 3.8) is 0 Å². The maximum Gasteiger partial charge on any atom is 0.305 e. The largest absolute Gasteiger partial charge is 0.433 e. The highest BCUT2D eigenvalue weighted by atomic mass is 16.7. The number of pyridine rings is 1. The Morgan fingerprint density at radius 1 is 1.53 bits per heavy atom. The van der Waals surface area contributed by atoms with E-state index in [1.54, 1.807) is 18.3 Å². The number of carbonyl (C=O) groups excluding carboxylic acids is 1.